The Labute approximate surface area is 204 Å². The fourth-order valence-electron chi connectivity index (χ4n) is 4.00. The summed E-state index contributed by atoms with van der Waals surface area (Å²) < 4.78 is 12.9. The van der Waals surface area contributed by atoms with Crippen LogP contribution in [0.5, 0.6) is 5.75 Å². The number of hydrogen-bond acceptors (Lipinski definition) is 5. The Bertz CT molecular complexity index is 1280. The number of nitrogens with zero attached hydrogens (tertiary/aromatic N) is 3. The first-order valence-corrected chi connectivity index (χ1v) is 11.5. The Morgan fingerprint density at radius 3 is 2.62 bits per heavy atom. The lowest BCUT2D eigenvalue weighted by atomic mass is 10.1. The van der Waals surface area contributed by atoms with Gasteiger partial charge in [-0.3, -0.25) is 14.5 Å². The third-order valence-electron chi connectivity index (χ3n) is 5.85. The van der Waals surface area contributed by atoms with E-state index in [2.05, 4.69) is 10.6 Å². The minimum atomic E-state index is -0.465. The molecule has 0 spiro atoms. The maximum atomic E-state index is 12.9. The number of esters is 1. The molecule has 2 heterocycles. The summed E-state index contributed by atoms with van der Waals surface area (Å²) in [6.07, 6.45) is 4.64. The van der Waals surface area contributed by atoms with E-state index in [0.717, 1.165) is 40.7 Å². The topological polar surface area (TPSA) is 64.0 Å². The second-order valence-corrected chi connectivity index (χ2v) is 8.47. The standard InChI is InChI=1S/C26H27N3O4S/c1-18-9-4-7-12-23(18)33-14-8-13-28-16-19(20-10-5-6-11-21(20)28)15-22-25(31)27(2)26(34)29(22)17-24(30)32-3/h4-7,9-12,15-16H,8,13-14,17H2,1-3H3/b22-15-. The molecule has 1 fully saturated rings. The highest BCUT2D eigenvalue weighted by Crippen LogP contribution is 2.28. The predicted octanol–water partition coefficient (Wildman–Crippen LogP) is 3.99. The van der Waals surface area contributed by atoms with Gasteiger partial charge in [-0.1, -0.05) is 36.4 Å². The molecule has 1 amide bonds. The summed E-state index contributed by atoms with van der Waals surface area (Å²) in [7, 11) is 2.92. The van der Waals surface area contributed by atoms with Gasteiger partial charge in [-0.2, -0.15) is 0 Å². The van der Waals surface area contributed by atoms with E-state index in [0.29, 0.717) is 12.3 Å². The summed E-state index contributed by atoms with van der Waals surface area (Å²) in [6, 6.07) is 16.0. The molecular formula is C26H27N3O4S. The second-order valence-electron chi connectivity index (χ2n) is 8.10. The van der Waals surface area contributed by atoms with E-state index >= 15 is 0 Å². The van der Waals surface area contributed by atoms with Gasteiger partial charge in [-0.25, -0.2) is 0 Å². The smallest absolute Gasteiger partial charge is 0.325 e. The number of benzene rings is 2. The van der Waals surface area contributed by atoms with Gasteiger partial charge < -0.3 is 18.9 Å². The maximum absolute atomic E-state index is 12.9. The Hall–Kier alpha value is -3.65. The van der Waals surface area contributed by atoms with Crippen molar-refractivity contribution < 1.29 is 19.1 Å². The van der Waals surface area contributed by atoms with Crippen LogP contribution in [-0.4, -0.2) is 58.7 Å². The van der Waals surface area contributed by atoms with Gasteiger partial charge in [0, 0.05) is 36.3 Å². The van der Waals surface area contributed by atoms with Crippen LogP contribution in [0.4, 0.5) is 0 Å². The number of para-hydroxylation sites is 2. The van der Waals surface area contributed by atoms with Crippen molar-refractivity contribution in [2.75, 3.05) is 27.3 Å². The Morgan fingerprint density at radius 2 is 1.85 bits per heavy atom. The number of ether oxygens (including phenoxy) is 2. The molecule has 0 aliphatic carbocycles. The molecule has 176 valence electrons. The lowest BCUT2D eigenvalue weighted by molar-refractivity contribution is -0.140. The summed E-state index contributed by atoms with van der Waals surface area (Å²) in [5.74, 6) is 0.181. The molecule has 1 aliphatic rings. The van der Waals surface area contributed by atoms with Crippen LogP contribution in [0.2, 0.25) is 0 Å². The zero-order valence-corrected chi connectivity index (χ0v) is 20.3. The number of carbonyl (C=O) groups excluding carboxylic acids is 2. The molecular weight excluding hydrogens is 450 g/mol. The quantitative estimate of drug-likeness (QED) is 0.212. The molecule has 34 heavy (non-hydrogen) atoms. The number of hydrogen-bond donors (Lipinski definition) is 0. The third kappa shape index (κ3) is 4.68. The minimum absolute atomic E-state index is 0.119. The fraction of sp³-hybridized carbons (Fsp3) is 0.269. The van der Waals surface area contributed by atoms with Gasteiger partial charge >= 0.3 is 5.97 Å². The van der Waals surface area contributed by atoms with Crippen LogP contribution in [0, 0.1) is 6.92 Å². The second kappa shape index (κ2) is 10.1. The van der Waals surface area contributed by atoms with Crippen LogP contribution in [0.3, 0.4) is 0 Å². The SMILES string of the molecule is COC(=O)CN1C(=S)N(C)C(=O)/C1=C/c1cn(CCCOc2ccccc2C)c2ccccc12. The molecule has 0 saturated carbocycles. The highest BCUT2D eigenvalue weighted by atomic mass is 32.1. The van der Waals surface area contributed by atoms with Gasteiger partial charge in [0.15, 0.2) is 5.11 Å². The molecule has 3 aromatic rings. The summed E-state index contributed by atoms with van der Waals surface area (Å²) in [6.45, 7) is 3.27. The molecule has 0 N–H and O–H groups in total. The number of likely N-dealkylation sites (N-methyl/N-ethyl adjacent to an activating group) is 1. The molecule has 0 unspecified atom stereocenters. The van der Waals surface area contributed by atoms with Crippen molar-refractivity contribution in [3.8, 4) is 5.75 Å². The van der Waals surface area contributed by atoms with Crippen LogP contribution in [0.1, 0.15) is 17.5 Å². The number of methoxy groups -OCH3 is 1. The van der Waals surface area contributed by atoms with Gasteiger partial charge in [0.25, 0.3) is 5.91 Å². The number of carbonyl (C=O) groups is 2. The largest absolute Gasteiger partial charge is 0.493 e. The van der Waals surface area contributed by atoms with Crippen molar-refractivity contribution in [1.82, 2.24) is 14.4 Å². The van der Waals surface area contributed by atoms with Crippen molar-refractivity contribution in [1.29, 1.82) is 0 Å². The van der Waals surface area contributed by atoms with Gasteiger partial charge in [0.2, 0.25) is 0 Å². The number of aryl methyl sites for hydroxylation is 2. The van der Waals surface area contributed by atoms with E-state index in [9.17, 15) is 9.59 Å². The molecule has 0 bridgehead atoms. The summed E-state index contributed by atoms with van der Waals surface area (Å²) in [5.41, 5.74) is 3.41. The van der Waals surface area contributed by atoms with Crippen molar-refractivity contribution in [3.05, 3.63) is 71.6 Å². The van der Waals surface area contributed by atoms with Crippen LogP contribution in [-0.2, 0) is 20.9 Å². The normalized spacial score (nSPS) is 15.0. The highest BCUT2D eigenvalue weighted by Gasteiger charge is 2.37. The van der Waals surface area contributed by atoms with E-state index in [1.807, 2.05) is 55.6 Å². The zero-order valence-electron chi connectivity index (χ0n) is 19.5. The molecule has 0 radical (unpaired) electrons. The lowest BCUT2D eigenvalue weighted by Gasteiger charge is -2.16. The van der Waals surface area contributed by atoms with Gasteiger partial charge in [-0.15, -0.1) is 0 Å². The summed E-state index contributed by atoms with van der Waals surface area (Å²) in [5, 5.41) is 1.29. The average Bonchev–Trinajstić information content (AvgIpc) is 3.29. The summed E-state index contributed by atoms with van der Waals surface area (Å²) in [4.78, 5) is 27.7. The molecule has 1 aliphatic heterocycles. The van der Waals surface area contributed by atoms with Crippen LogP contribution in [0.25, 0.3) is 17.0 Å². The molecule has 7 nitrogen and oxygen atoms in total. The van der Waals surface area contributed by atoms with Crippen molar-refractivity contribution in [2.45, 2.75) is 19.9 Å². The van der Waals surface area contributed by atoms with Crippen LogP contribution >= 0.6 is 12.2 Å². The van der Waals surface area contributed by atoms with E-state index in [1.54, 1.807) is 13.1 Å². The molecule has 2 aromatic carbocycles. The first kappa shape index (κ1) is 23.5. The third-order valence-corrected chi connectivity index (χ3v) is 6.35. The molecule has 4 rings (SSSR count). The first-order valence-electron chi connectivity index (χ1n) is 11.0. The number of rotatable bonds is 8. The number of aromatic nitrogens is 1. The molecule has 0 atom stereocenters. The lowest BCUT2D eigenvalue weighted by Crippen LogP contribution is -2.33. The van der Waals surface area contributed by atoms with Gasteiger partial charge in [0.1, 0.15) is 18.0 Å². The van der Waals surface area contributed by atoms with E-state index < -0.39 is 5.97 Å². The first-order chi connectivity index (χ1) is 16.4. The number of thiocarbonyl (C=S) groups is 1. The van der Waals surface area contributed by atoms with E-state index in [-0.39, 0.29) is 17.6 Å². The average molecular weight is 478 g/mol. The van der Waals surface area contributed by atoms with Crippen molar-refractivity contribution in [2.24, 2.45) is 0 Å². The fourth-order valence-corrected chi connectivity index (χ4v) is 4.25. The van der Waals surface area contributed by atoms with E-state index in [4.69, 9.17) is 21.7 Å². The molecule has 1 saturated heterocycles. The van der Waals surface area contributed by atoms with Crippen LogP contribution in [0.15, 0.2) is 60.4 Å². The zero-order chi connectivity index (χ0) is 24.2. The van der Waals surface area contributed by atoms with Crippen LogP contribution < -0.4 is 4.74 Å². The van der Waals surface area contributed by atoms with Crippen molar-refractivity contribution >= 4 is 46.2 Å². The minimum Gasteiger partial charge on any atom is -0.493 e. The monoisotopic (exact) mass is 477 g/mol. The Kier molecular flexibility index (Phi) is 6.98. The molecule has 8 heteroatoms. The summed E-state index contributed by atoms with van der Waals surface area (Å²) >= 11 is 5.38. The van der Waals surface area contributed by atoms with E-state index in [1.165, 1.54) is 16.9 Å². The molecule has 1 aromatic heterocycles. The van der Waals surface area contributed by atoms with Gasteiger partial charge in [-0.05, 0) is 49.3 Å². The van der Waals surface area contributed by atoms with Gasteiger partial charge in [0.05, 0.1) is 13.7 Å². The van der Waals surface area contributed by atoms with Crippen molar-refractivity contribution in [3.63, 3.8) is 0 Å². The maximum Gasteiger partial charge on any atom is 0.325 e. The Balaban J connectivity index is 1.58. The highest BCUT2D eigenvalue weighted by molar-refractivity contribution is 7.80. The predicted molar refractivity (Wildman–Crippen MR) is 135 cm³/mol. The number of fused-ring (bicyclic) bond motifs is 1. The Morgan fingerprint density at radius 1 is 1.12 bits per heavy atom. The number of amides is 1.